The van der Waals surface area contributed by atoms with E-state index >= 15 is 0 Å². The Morgan fingerprint density at radius 2 is 1.32 bits per heavy atom. The number of nitrogens with two attached hydrogens (primary N) is 1. The van der Waals surface area contributed by atoms with E-state index in [0.717, 1.165) is 0 Å². The van der Waals surface area contributed by atoms with Crippen LogP contribution in [0, 0.1) is 5.92 Å². The van der Waals surface area contributed by atoms with Crippen LogP contribution in [0.4, 0.5) is 0 Å². The highest BCUT2D eigenvalue weighted by Crippen LogP contribution is 2.08. The maximum Gasteiger partial charge on any atom is 0.326 e. The number of thioether (sulfide) groups is 1. The highest BCUT2D eigenvalue weighted by molar-refractivity contribution is 7.98. The van der Waals surface area contributed by atoms with Crippen molar-refractivity contribution in [1.29, 1.82) is 0 Å². The summed E-state index contributed by atoms with van der Waals surface area (Å²) in [6.07, 6.45) is 0.649. The molecule has 4 atom stereocenters. The van der Waals surface area contributed by atoms with E-state index in [0.29, 0.717) is 5.75 Å². The molecule has 0 aromatic heterocycles. The average molecular weight is 507 g/mol. The Morgan fingerprint density at radius 3 is 1.79 bits per heavy atom. The largest absolute Gasteiger partial charge is 0.481 e. The summed E-state index contributed by atoms with van der Waals surface area (Å²) in [6, 6.07) is -5.23. The second-order valence-corrected chi connectivity index (χ2v) is 9.06. The van der Waals surface area contributed by atoms with Crippen molar-refractivity contribution in [2.45, 2.75) is 70.1 Å². The van der Waals surface area contributed by atoms with E-state index in [1.807, 2.05) is 0 Å². The molecule has 4 unspecified atom stereocenters. The van der Waals surface area contributed by atoms with Crippen LogP contribution in [-0.4, -0.2) is 87.1 Å². The van der Waals surface area contributed by atoms with Gasteiger partial charge in [0.25, 0.3) is 0 Å². The number of aliphatic carboxylic acids is 3. The van der Waals surface area contributed by atoms with Crippen LogP contribution in [0.3, 0.4) is 0 Å². The Hall–Kier alpha value is -2.87. The molecule has 0 heterocycles. The lowest BCUT2D eigenvalue weighted by Crippen LogP contribution is -2.57. The standard InChI is InChI=1S/C20H34N4O9S/c1-10(2)8-13(23-17(29)11(21)4-5-15(25)26)18(30)24-14(9-16(27)28)19(31)22-12(20(32)33)6-7-34-3/h10-14H,4-9,21H2,1-3H3,(H,22,31)(H,23,29)(H,24,30)(H,25,26)(H,27,28)(H,32,33). The molecule has 13 nitrogen and oxygen atoms in total. The molecule has 0 aromatic rings. The molecule has 34 heavy (non-hydrogen) atoms. The third kappa shape index (κ3) is 13.0. The van der Waals surface area contributed by atoms with E-state index < -0.39 is 66.2 Å². The molecule has 8 N–H and O–H groups in total. The fourth-order valence-corrected chi connectivity index (χ4v) is 3.28. The van der Waals surface area contributed by atoms with E-state index in [1.165, 1.54) is 11.8 Å². The highest BCUT2D eigenvalue weighted by atomic mass is 32.2. The fourth-order valence-electron chi connectivity index (χ4n) is 2.81. The van der Waals surface area contributed by atoms with Gasteiger partial charge >= 0.3 is 17.9 Å². The van der Waals surface area contributed by atoms with Crippen LogP contribution in [0.15, 0.2) is 0 Å². The number of rotatable bonds is 17. The zero-order valence-corrected chi connectivity index (χ0v) is 20.2. The molecule has 0 fully saturated rings. The Morgan fingerprint density at radius 1 is 0.794 bits per heavy atom. The molecule has 0 spiro atoms. The molecule has 0 saturated heterocycles. The summed E-state index contributed by atoms with van der Waals surface area (Å²) in [6.45, 7) is 3.53. The van der Waals surface area contributed by atoms with Crippen molar-refractivity contribution < 1.29 is 44.1 Å². The molecule has 0 radical (unpaired) electrons. The minimum atomic E-state index is -1.59. The lowest BCUT2D eigenvalue weighted by Gasteiger charge is -2.25. The number of carbonyl (C=O) groups excluding carboxylic acids is 3. The van der Waals surface area contributed by atoms with Crippen LogP contribution in [0.25, 0.3) is 0 Å². The average Bonchev–Trinajstić information content (AvgIpc) is 2.72. The lowest BCUT2D eigenvalue weighted by molar-refractivity contribution is -0.144. The van der Waals surface area contributed by atoms with Gasteiger partial charge in [-0.2, -0.15) is 11.8 Å². The summed E-state index contributed by atoms with van der Waals surface area (Å²) in [7, 11) is 0. The van der Waals surface area contributed by atoms with Gasteiger partial charge in [0.05, 0.1) is 12.5 Å². The van der Waals surface area contributed by atoms with Gasteiger partial charge in [-0.15, -0.1) is 0 Å². The summed E-state index contributed by atoms with van der Waals surface area (Å²) in [5.74, 6) is -6.14. The first-order chi connectivity index (χ1) is 15.8. The monoisotopic (exact) mass is 506 g/mol. The number of carboxylic acid groups (broad SMARTS) is 3. The first kappa shape index (κ1) is 31.1. The zero-order chi connectivity index (χ0) is 26.4. The predicted octanol–water partition coefficient (Wildman–Crippen LogP) is -1.01. The third-order valence-corrected chi connectivity index (χ3v) is 5.23. The molecule has 0 aliphatic rings. The fraction of sp³-hybridized carbons (Fsp3) is 0.700. The van der Waals surface area contributed by atoms with Crippen LogP contribution in [0.5, 0.6) is 0 Å². The van der Waals surface area contributed by atoms with Crippen LogP contribution >= 0.6 is 11.8 Å². The van der Waals surface area contributed by atoms with Crippen LogP contribution in [-0.2, 0) is 28.8 Å². The molecule has 0 aliphatic carbocycles. The highest BCUT2D eigenvalue weighted by Gasteiger charge is 2.31. The first-order valence-electron chi connectivity index (χ1n) is 10.6. The van der Waals surface area contributed by atoms with Crippen LogP contribution in [0.1, 0.15) is 46.0 Å². The van der Waals surface area contributed by atoms with E-state index in [1.54, 1.807) is 20.1 Å². The van der Waals surface area contributed by atoms with Gasteiger partial charge in [-0.3, -0.25) is 24.0 Å². The summed E-state index contributed by atoms with van der Waals surface area (Å²) in [5.41, 5.74) is 5.68. The normalized spacial score (nSPS) is 14.4. The number of hydrogen-bond acceptors (Lipinski definition) is 8. The summed E-state index contributed by atoms with van der Waals surface area (Å²) in [5, 5.41) is 34.1. The second-order valence-electron chi connectivity index (χ2n) is 8.07. The molecule has 0 saturated carbocycles. The Balaban J connectivity index is 5.46. The van der Waals surface area contributed by atoms with E-state index in [-0.39, 0.29) is 31.6 Å². The number of carbonyl (C=O) groups is 6. The van der Waals surface area contributed by atoms with Crippen molar-refractivity contribution >= 4 is 47.4 Å². The summed E-state index contributed by atoms with van der Waals surface area (Å²) in [4.78, 5) is 71.1. The topological polar surface area (TPSA) is 225 Å². The van der Waals surface area contributed by atoms with Gasteiger partial charge in [0.2, 0.25) is 17.7 Å². The van der Waals surface area contributed by atoms with Crippen molar-refractivity contribution in [3.8, 4) is 0 Å². The Bertz CT molecular complexity index is 748. The third-order valence-electron chi connectivity index (χ3n) is 4.58. The van der Waals surface area contributed by atoms with Crippen molar-refractivity contribution in [1.82, 2.24) is 16.0 Å². The smallest absolute Gasteiger partial charge is 0.326 e. The van der Waals surface area contributed by atoms with Crippen molar-refractivity contribution in [2.75, 3.05) is 12.0 Å². The molecular weight excluding hydrogens is 472 g/mol. The van der Waals surface area contributed by atoms with Gasteiger partial charge in [0.15, 0.2) is 0 Å². The quantitative estimate of drug-likeness (QED) is 0.126. The number of nitrogens with one attached hydrogen (secondary N) is 3. The molecule has 3 amide bonds. The second kappa shape index (κ2) is 15.9. The number of hydrogen-bond donors (Lipinski definition) is 7. The predicted molar refractivity (Wildman–Crippen MR) is 123 cm³/mol. The van der Waals surface area contributed by atoms with Crippen LogP contribution < -0.4 is 21.7 Å². The van der Waals surface area contributed by atoms with E-state index in [9.17, 15) is 33.9 Å². The molecule has 0 aliphatic heterocycles. The van der Waals surface area contributed by atoms with Crippen LogP contribution in [0.2, 0.25) is 0 Å². The molecule has 0 rings (SSSR count). The molecule has 194 valence electrons. The molecule has 14 heteroatoms. The van der Waals surface area contributed by atoms with Gasteiger partial charge in [-0.05, 0) is 37.2 Å². The molecular formula is C20H34N4O9S. The zero-order valence-electron chi connectivity index (χ0n) is 19.4. The van der Waals surface area contributed by atoms with Gasteiger partial charge in [-0.1, -0.05) is 13.8 Å². The first-order valence-corrected chi connectivity index (χ1v) is 12.0. The SMILES string of the molecule is CSCCC(NC(=O)C(CC(=O)O)NC(=O)C(CC(C)C)NC(=O)C(N)CCC(=O)O)C(=O)O. The maximum absolute atomic E-state index is 12.8. The number of amides is 3. The van der Waals surface area contributed by atoms with E-state index in [2.05, 4.69) is 16.0 Å². The van der Waals surface area contributed by atoms with Crippen molar-refractivity contribution in [2.24, 2.45) is 11.7 Å². The van der Waals surface area contributed by atoms with E-state index in [4.69, 9.17) is 15.9 Å². The van der Waals surface area contributed by atoms with Gasteiger partial charge in [0.1, 0.15) is 18.1 Å². The molecule has 0 bridgehead atoms. The number of carboxylic acids is 3. The lowest BCUT2D eigenvalue weighted by atomic mass is 10.0. The Labute approximate surface area is 201 Å². The minimum absolute atomic E-state index is 0.0935. The molecule has 0 aromatic carbocycles. The van der Waals surface area contributed by atoms with Crippen molar-refractivity contribution in [3.05, 3.63) is 0 Å². The van der Waals surface area contributed by atoms with Gasteiger partial charge in [-0.25, -0.2) is 4.79 Å². The van der Waals surface area contributed by atoms with Gasteiger partial charge < -0.3 is 37.0 Å². The summed E-state index contributed by atoms with van der Waals surface area (Å²) < 4.78 is 0. The van der Waals surface area contributed by atoms with Crippen molar-refractivity contribution in [3.63, 3.8) is 0 Å². The summed E-state index contributed by atoms with van der Waals surface area (Å²) >= 11 is 1.37. The minimum Gasteiger partial charge on any atom is -0.481 e. The van der Waals surface area contributed by atoms with Gasteiger partial charge in [0, 0.05) is 6.42 Å². The maximum atomic E-state index is 12.8. The Kier molecular flexibility index (Phi) is 14.5.